The highest BCUT2D eigenvalue weighted by Gasteiger charge is 2.46. The smallest absolute Gasteiger partial charge is 0.337 e. The highest BCUT2D eigenvalue weighted by atomic mass is 79.9. The third kappa shape index (κ3) is 2.34. The van der Waals surface area contributed by atoms with E-state index in [1.54, 1.807) is 0 Å². The summed E-state index contributed by atoms with van der Waals surface area (Å²) in [6.45, 7) is 5.48. The minimum Gasteiger partial charge on any atom is -0.465 e. The first-order chi connectivity index (χ1) is 9.96. The Morgan fingerprint density at radius 2 is 2.33 bits per heavy atom. The Balaban J connectivity index is 2.03. The van der Waals surface area contributed by atoms with Crippen LogP contribution in [0.2, 0.25) is 0 Å². The maximum atomic E-state index is 11.8. The quantitative estimate of drug-likeness (QED) is 0.534. The lowest BCUT2D eigenvalue weighted by molar-refractivity contribution is -0.135. The number of nitrogens with zero attached hydrogens (tertiary/aromatic N) is 2. The summed E-state index contributed by atoms with van der Waals surface area (Å²) in [5, 5.41) is 0. The lowest BCUT2D eigenvalue weighted by Crippen LogP contribution is -2.41. The van der Waals surface area contributed by atoms with Gasteiger partial charge in [-0.05, 0) is 26.3 Å². The average molecular weight is 355 g/mol. The SMILES string of the molecule is COC(=O)C1=CCC2(C)N=C3C(Br)COC[C@H](C)N3C2=C1. The molecule has 1 saturated heterocycles. The second-order valence-electron chi connectivity index (χ2n) is 5.85. The fourth-order valence-corrected chi connectivity index (χ4v) is 3.58. The van der Waals surface area contributed by atoms with Gasteiger partial charge in [0.25, 0.3) is 0 Å². The number of fused-ring (bicyclic) bond motifs is 3. The number of amidine groups is 1. The van der Waals surface area contributed by atoms with Gasteiger partial charge in [0, 0.05) is 5.70 Å². The van der Waals surface area contributed by atoms with Crippen LogP contribution < -0.4 is 0 Å². The maximum Gasteiger partial charge on any atom is 0.337 e. The van der Waals surface area contributed by atoms with Crippen LogP contribution in [0, 0.1) is 0 Å². The molecule has 5 nitrogen and oxygen atoms in total. The number of halogens is 1. The van der Waals surface area contributed by atoms with E-state index in [9.17, 15) is 4.79 Å². The van der Waals surface area contributed by atoms with Gasteiger partial charge in [0.1, 0.15) is 11.4 Å². The van der Waals surface area contributed by atoms with Crippen molar-refractivity contribution in [3.8, 4) is 0 Å². The molecule has 0 amide bonds. The van der Waals surface area contributed by atoms with Crippen molar-refractivity contribution >= 4 is 27.7 Å². The molecule has 3 rings (SSSR count). The fourth-order valence-electron chi connectivity index (χ4n) is 3.07. The van der Waals surface area contributed by atoms with E-state index < -0.39 is 0 Å². The second-order valence-corrected chi connectivity index (χ2v) is 6.96. The van der Waals surface area contributed by atoms with Gasteiger partial charge in [-0.1, -0.05) is 22.0 Å². The monoisotopic (exact) mass is 354 g/mol. The zero-order chi connectivity index (χ0) is 15.2. The topological polar surface area (TPSA) is 51.1 Å². The van der Waals surface area contributed by atoms with E-state index in [2.05, 4.69) is 34.7 Å². The van der Waals surface area contributed by atoms with Crippen molar-refractivity contribution in [3.63, 3.8) is 0 Å². The number of carbonyl (C=O) groups is 1. The number of rotatable bonds is 1. The molecule has 0 spiro atoms. The summed E-state index contributed by atoms with van der Waals surface area (Å²) in [6, 6.07) is 0.191. The first kappa shape index (κ1) is 14.8. The lowest BCUT2D eigenvalue weighted by atomic mass is 9.87. The zero-order valence-electron chi connectivity index (χ0n) is 12.4. The molecule has 0 radical (unpaired) electrons. The van der Waals surface area contributed by atoms with Gasteiger partial charge in [-0.2, -0.15) is 0 Å². The standard InChI is InChI=1S/C15H19BrN2O3/c1-9-7-21-8-11(16)13-17-15(2)5-4-10(14(19)20-3)6-12(15)18(9)13/h4,6,9,11H,5,7-8H2,1-3H3/t9-,11?,15?/m0/s1. The van der Waals surface area contributed by atoms with Gasteiger partial charge in [0.2, 0.25) is 0 Å². The Hall–Kier alpha value is -1.14. The fraction of sp³-hybridized carbons (Fsp3) is 0.600. The predicted octanol–water partition coefficient (Wildman–Crippen LogP) is 2.03. The Kier molecular flexibility index (Phi) is 3.69. The molecule has 3 atom stereocenters. The molecule has 2 heterocycles. The average Bonchev–Trinajstić information content (AvgIpc) is 2.71. The molecule has 0 saturated carbocycles. The largest absolute Gasteiger partial charge is 0.465 e. The summed E-state index contributed by atoms with van der Waals surface area (Å²) >= 11 is 3.66. The van der Waals surface area contributed by atoms with Crippen molar-refractivity contribution in [2.75, 3.05) is 20.3 Å². The normalized spacial score (nSPS) is 35.0. The van der Waals surface area contributed by atoms with Crippen LogP contribution in [0.4, 0.5) is 0 Å². The van der Waals surface area contributed by atoms with Crippen LogP contribution in [0.1, 0.15) is 20.3 Å². The van der Waals surface area contributed by atoms with Crippen molar-refractivity contribution < 1.29 is 14.3 Å². The minimum absolute atomic E-state index is 0.0763. The van der Waals surface area contributed by atoms with Crippen molar-refractivity contribution in [3.05, 3.63) is 23.4 Å². The highest BCUT2D eigenvalue weighted by molar-refractivity contribution is 9.10. The number of hydrogen-bond acceptors (Lipinski definition) is 5. The van der Waals surface area contributed by atoms with Crippen LogP contribution in [-0.4, -0.2) is 53.4 Å². The van der Waals surface area contributed by atoms with Crippen LogP contribution in [0.15, 0.2) is 28.4 Å². The first-order valence-electron chi connectivity index (χ1n) is 7.08. The molecule has 1 fully saturated rings. The van der Waals surface area contributed by atoms with Crippen LogP contribution in [0.25, 0.3) is 0 Å². The number of esters is 1. The molecule has 0 aromatic carbocycles. The Morgan fingerprint density at radius 1 is 1.57 bits per heavy atom. The van der Waals surface area contributed by atoms with Gasteiger partial charge >= 0.3 is 5.97 Å². The van der Waals surface area contributed by atoms with E-state index in [1.165, 1.54) is 7.11 Å². The van der Waals surface area contributed by atoms with E-state index in [1.807, 2.05) is 12.2 Å². The van der Waals surface area contributed by atoms with Crippen LogP contribution >= 0.6 is 15.9 Å². The number of aliphatic imine (C=N–C) groups is 1. The zero-order valence-corrected chi connectivity index (χ0v) is 14.0. The summed E-state index contributed by atoms with van der Waals surface area (Å²) in [7, 11) is 1.41. The molecule has 2 unspecified atom stereocenters. The van der Waals surface area contributed by atoms with Gasteiger partial charge in [-0.25, -0.2) is 4.79 Å². The number of hydrogen-bond donors (Lipinski definition) is 0. The summed E-state index contributed by atoms with van der Waals surface area (Å²) < 4.78 is 10.5. The molecule has 0 aromatic rings. The van der Waals surface area contributed by atoms with Gasteiger partial charge < -0.3 is 14.4 Å². The van der Waals surface area contributed by atoms with Crippen LogP contribution in [0.3, 0.4) is 0 Å². The van der Waals surface area contributed by atoms with Crippen LogP contribution in [-0.2, 0) is 14.3 Å². The molecule has 6 heteroatoms. The van der Waals surface area contributed by atoms with E-state index in [0.29, 0.717) is 25.2 Å². The number of ether oxygens (including phenoxy) is 2. The third-order valence-corrected chi connectivity index (χ3v) is 4.87. The molecule has 1 aliphatic carbocycles. The van der Waals surface area contributed by atoms with Crippen molar-refractivity contribution in [1.82, 2.24) is 4.90 Å². The molecule has 114 valence electrons. The Morgan fingerprint density at radius 3 is 3.05 bits per heavy atom. The van der Waals surface area contributed by atoms with E-state index in [0.717, 1.165) is 11.5 Å². The van der Waals surface area contributed by atoms with Crippen molar-refractivity contribution in [2.45, 2.75) is 36.7 Å². The predicted molar refractivity (Wildman–Crippen MR) is 83.5 cm³/mol. The molecule has 21 heavy (non-hydrogen) atoms. The maximum absolute atomic E-state index is 11.8. The molecule has 3 aliphatic rings. The number of alkyl halides is 1. The number of methoxy groups -OCH3 is 1. The van der Waals surface area contributed by atoms with Gasteiger partial charge in [0.15, 0.2) is 0 Å². The molecule has 0 bridgehead atoms. The molecular weight excluding hydrogens is 336 g/mol. The van der Waals surface area contributed by atoms with E-state index >= 15 is 0 Å². The second kappa shape index (κ2) is 5.25. The summed E-state index contributed by atoms with van der Waals surface area (Å²) in [5.41, 5.74) is 1.36. The molecule has 2 aliphatic heterocycles. The summed E-state index contributed by atoms with van der Waals surface area (Å²) in [5.74, 6) is 0.695. The summed E-state index contributed by atoms with van der Waals surface area (Å²) in [6.07, 6.45) is 4.53. The van der Waals surface area contributed by atoms with Crippen molar-refractivity contribution in [1.29, 1.82) is 0 Å². The molecular formula is C15H19BrN2O3. The van der Waals surface area contributed by atoms with Gasteiger partial charge in [0.05, 0.1) is 36.8 Å². The molecule has 0 N–H and O–H groups in total. The Labute approximate surface area is 132 Å². The Bertz CT molecular complexity index is 569. The van der Waals surface area contributed by atoms with Gasteiger partial charge in [-0.3, -0.25) is 4.99 Å². The lowest BCUT2D eigenvalue weighted by Gasteiger charge is -2.33. The van der Waals surface area contributed by atoms with E-state index in [-0.39, 0.29) is 22.4 Å². The van der Waals surface area contributed by atoms with Gasteiger partial charge in [-0.15, -0.1) is 0 Å². The minimum atomic E-state index is -0.301. The number of carbonyl (C=O) groups excluding carboxylic acids is 1. The van der Waals surface area contributed by atoms with Crippen LogP contribution in [0.5, 0.6) is 0 Å². The third-order valence-electron chi connectivity index (χ3n) is 4.20. The highest BCUT2D eigenvalue weighted by Crippen LogP contribution is 2.42. The first-order valence-corrected chi connectivity index (χ1v) is 7.99. The molecule has 0 aromatic heterocycles. The van der Waals surface area contributed by atoms with E-state index in [4.69, 9.17) is 14.5 Å². The van der Waals surface area contributed by atoms with Crippen molar-refractivity contribution in [2.24, 2.45) is 4.99 Å². The summed E-state index contributed by atoms with van der Waals surface area (Å²) in [4.78, 5) is 19.0.